The van der Waals surface area contributed by atoms with Crippen LogP contribution in [0.25, 0.3) is 6.08 Å². The molecule has 2 unspecified atom stereocenters. The summed E-state index contributed by atoms with van der Waals surface area (Å²) in [4.78, 5) is 10.9. The highest BCUT2D eigenvalue weighted by Crippen LogP contribution is 2.35. The van der Waals surface area contributed by atoms with Crippen LogP contribution in [0.2, 0.25) is 0 Å². The van der Waals surface area contributed by atoms with Crippen LogP contribution in [-0.4, -0.2) is 82.4 Å². The molecule has 2 aromatic rings. The first-order valence-electron chi connectivity index (χ1n) is 11.6. The number of hydrogen-bond acceptors (Lipinski definition) is 6. The zero-order valence-electron chi connectivity index (χ0n) is 19.4. The second-order valence-corrected chi connectivity index (χ2v) is 9.11. The Morgan fingerprint density at radius 3 is 2.67 bits per heavy atom. The summed E-state index contributed by atoms with van der Waals surface area (Å²) in [6.45, 7) is 8.82. The maximum absolute atomic E-state index is 6.03. The molecule has 2 atom stereocenters. The Kier molecular flexibility index (Phi) is 6.42. The van der Waals surface area contributed by atoms with E-state index in [0.29, 0.717) is 17.8 Å². The fraction of sp³-hybridized carbons (Fsp3) is 0.423. The number of ether oxygens (including phenoxy) is 2. The van der Waals surface area contributed by atoms with Gasteiger partial charge in [0.2, 0.25) is 0 Å². The molecule has 0 amide bonds. The molecule has 1 saturated heterocycles. The zero-order chi connectivity index (χ0) is 22.8. The third-order valence-electron chi connectivity index (χ3n) is 6.70. The highest BCUT2D eigenvalue weighted by Gasteiger charge is 2.41. The first-order chi connectivity index (χ1) is 16.1. The van der Waals surface area contributed by atoms with Crippen LogP contribution in [-0.2, 0) is 4.84 Å². The molecule has 0 aliphatic carbocycles. The largest absolute Gasteiger partial charge is 0.497 e. The Morgan fingerprint density at radius 1 is 1.15 bits per heavy atom. The Labute approximate surface area is 197 Å². The second-order valence-electron chi connectivity index (χ2n) is 9.11. The molecular weight excluding hydrogens is 413 g/mol. The highest BCUT2D eigenvalue weighted by molar-refractivity contribution is 6.34. The third kappa shape index (κ3) is 4.80. The molecule has 3 heterocycles. The molecule has 2 radical (unpaired) electrons. The van der Waals surface area contributed by atoms with E-state index in [4.69, 9.17) is 22.2 Å². The number of rotatable bonds is 6. The quantitative estimate of drug-likeness (QED) is 0.642. The van der Waals surface area contributed by atoms with Gasteiger partial charge in [0.25, 0.3) is 0 Å². The summed E-state index contributed by atoms with van der Waals surface area (Å²) < 4.78 is 11.4. The van der Waals surface area contributed by atoms with E-state index in [1.165, 1.54) is 11.1 Å². The van der Waals surface area contributed by atoms with Crippen molar-refractivity contribution in [1.29, 1.82) is 0 Å². The van der Waals surface area contributed by atoms with Crippen molar-refractivity contribution in [2.75, 3.05) is 53.0 Å². The normalized spacial score (nSPS) is 23.2. The predicted octanol–water partition coefficient (Wildman–Crippen LogP) is 2.32. The molecule has 1 fully saturated rings. The minimum absolute atomic E-state index is 0.00274. The fourth-order valence-electron chi connectivity index (χ4n) is 4.91. The van der Waals surface area contributed by atoms with Crippen molar-refractivity contribution in [2.45, 2.75) is 13.0 Å². The van der Waals surface area contributed by atoms with Crippen molar-refractivity contribution in [3.63, 3.8) is 0 Å². The fourth-order valence-corrected chi connectivity index (χ4v) is 4.91. The Morgan fingerprint density at radius 2 is 1.91 bits per heavy atom. The molecule has 170 valence electrons. The van der Waals surface area contributed by atoms with Crippen LogP contribution >= 0.6 is 0 Å². The molecule has 3 aliphatic heterocycles. The van der Waals surface area contributed by atoms with Gasteiger partial charge in [0.05, 0.1) is 13.0 Å². The molecular formula is C26H30BN3O3. The van der Waals surface area contributed by atoms with Gasteiger partial charge in [-0.3, -0.25) is 9.80 Å². The first kappa shape index (κ1) is 22.0. The number of fused-ring (bicyclic) bond motifs is 3. The summed E-state index contributed by atoms with van der Waals surface area (Å²) >= 11 is 0. The zero-order valence-corrected chi connectivity index (χ0v) is 19.4. The van der Waals surface area contributed by atoms with Crippen LogP contribution in [0.4, 0.5) is 0 Å². The second kappa shape index (κ2) is 9.61. The Balaban J connectivity index is 1.15. The molecule has 33 heavy (non-hydrogen) atoms. The number of nitrogens with zero attached hydrogens (tertiary/aromatic N) is 3. The molecule has 6 nitrogen and oxygen atoms in total. The van der Waals surface area contributed by atoms with Crippen LogP contribution in [0, 0.1) is 5.92 Å². The van der Waals surface area contributed by atoms with E-state index in [0.717, 1.165) is 56.3 Å². The van der Waals surface area contributed by atoms with Gasteiger partial charge in [-0.05, 0) is 24.6 Å². The van der Waals surface area contributed by atoms with Crippen LogP contribution in [0.3, 0.4) is 0 Å². The van der Waals surface area contributed by atoms with Gasteiger partial charge in [0, 0.05) is 44.8 Å². The van der Waals surface area contributed by atoms with Gasteiger partial charge in [-0.2, -0.15) is 0 Å². The number of benzene rings is 2. The van der Waals surface area contributed by atoms with Gasteiger partial charge in [0.1, 0.15) is 31.7 Å². The standard InChI is InChI=1S/C26H30BN3O3/c1-18(12-19-6-4-3-5-7-19)15-29-8-10-30(11-9-29)16-25-21-17-32-23-14-22(27)24(31-2)13-20(23)26(21)28-33-25/h3-7,12-14,21,25H,8-11,15-17H2,1-2H3/b18-12+. The SMILES string of the molecule is [B]c1cc2c(cc1OC)C1=NOC(CN3CCN(C/C(C)=C/c4ccccc4)CC3)C1CO2. The summed E-state index contributed by atoms with van der Waals surface area (Å²) in [5, 5.41) is 4.44. The van der Waals surface area contributed by atoms with Crippen molar-refractivity contribution in [2.24, 2.45) is 11.1 Å². The Hall–Kier alpha value is -2.77. The van der Waals surface area contributed by atoms with Crippen molar-refractivity contribution in [3.05, 3.63) is 59.2 Å². The van der Waals surface area contributed by atoms with Crippen LogP contribution in [0.5, 0.6) is 11.5 Å². The predicted molar refractivity (Wildman–Crippen MR) is 132 cm³/mol. The molecule has 0 bridgehead atoms. The van der Waals surface area contributed by atoms with Crippen LogP contribution < -0.4 is 14.9 Å². The monoisotopic (exact) mass is 443 g/mol. The van der Waals surface area contributed by atoms with Crippen molar-refractivity contribution in [3.8, 4) is 11.5 Å². The number of methoxy groups -OCH3 is 1. The highest BCUT2D eigenvalue weighted by atomic mass is 16.6. The third-order valence-corrected chi connectivity index (χ3v) is 6.70. The topological polar surface area (TPSA) is 46.5 Å². The van der Waals surface area contributed by atoms with E-state index in [9.17, 15) is 0 Å². The molecule has 2 aromatic carbocycles. The molecule has 3 aliphatic rings. The average Bonchev–Trinajstić information content (AvgIpc) is 3.23. The molecule has 0 N–H and O–H groups in total. The summed E-state index contributed by atoms with van der Waals surface area (Å²) in [5.74, 6) is 1.51. The average molecular weight is 443 g/mol. The van der Waals surface area contributed by atoms with Crippen molar-refractivity contribution in [1.82, 2.24) is 9.80 Å². The minimum Gasteiger partial charge on any atom is -0.497 e. The molecule has 5 rings (SSSR count). The van der Waals surface area contributed by atoms with Crippen molar-refractivity contribution >= 4 is 25.1 Å². The van der Waals surface area contributed by atoms with Gasteiger partial charge < -0.3 is 14.3 Å². The minimum atomic E-state index is 0.00274. The lowest BCUT2D eigenvalue weighted by Crippen LogP contribution is -2.50. The maximum atomic E-state index is 6.03. The summed E-state index contributed by atoms with van der Waals surface area (Å²) in [6.07, 6.45) is 2.28. The van der Waals surface area contributed by atoms with Gasteiger partial charge >= 0.3 is 0 Å². The first-order valence-corrected chi connectivity index (χ1v) is 11.6. The van der Waals surface area contributed by atoms with Gasteiger partial charge in [-0.15, -0.1) is 0 Å². The lowest BCUT2D eigenvalue weighted by Gasteiger charge is -2.36. The number of oxime groups is 1. The van der Waals surface area contributed by atoms with Gasteiger partial charge in [-0.25, -0.2) is 0 Å². The Bertz CT molecular complexity index is 1050. The summed E-state index contributed by atoms with van der Waals surface area (Å²) in [7, 11) is 7.65. The smallest absolute Gasteiger partial charge is 0.151 e. The number of piperazine rings is 1. The van der Waals surface area contributed by atoms with Crippen LogP contribution in [0.15, 0.2) is 53.2 Å². The molecule has 7 heteroatoms. The van der Waals surface area contributed by atoms with E-state index in [-0.39, 0.29) is 12.0 Å². The van der Waals surface area contributed by atoms with Crippen molar-refractivity contribution < 1.29 is 14.3 Å². The maximum Gasteiger partial charge on any atom is 0.151 e. The van der Waals surface area contributed by atoms with Crippen LogP contribution in [0.1, 0.15) is 18.1 Å². The molecule has 0 aromatic heterocycles. The van der Waals surface area contributed by atoms with Gasteiger partial charge in [-0.1, -0.05) is 52.6 Å². The van der Waals surface area contributed by atoms with Gasteiger partial charge in [0.15, 0.2) is 6.10 Å². The van der Waals surface area contributed by atoms with E-state index in [1.54, 1.807) is 7.11 Å². The molecule has 0 spiro atoms. The molecule has 0 saturated carbocycles. The number of hydrogen-bond donors (Lipinski definition) is 0. The lowest BCUT2D eigenvalue weighted by atomic mass is 9.86. The lowest BCUT2D eigenvalue weighted by molar-refractivity contribution is 0.0101. The summed E-state index contributed by atoms with van der Waals surface area (Å²) in [6, 6.07) is 14.2. The summed E-state index contributed by atoms with van der Waals surface area (Å²) in [5.41, 5.74) is 5.09. The van der Waals surface area contributed by atoms with E-state index < -0.39 is 0 Å². The van der Waals surface area contributed by atoms with E-state index in [2.05, 4.69) is 58.3 Å². The van der Waals surface area contributed by atoms with E-state index >= 15 is 0 Å². The van der Waals surface area contributed by atoms with E-state index in [1.807, 2.05) is 12.1 Å².